The van der Waals surface area contributed by atoms with Gasteiger partial charge < -0.3 is 0 Å². The zero-order valence-corrected chi connectivity index (χ0v) is 15.7. The summed E-state index contributed by atoms with van der Waals surface area (Å²) in [5.74, 6) is 0. The molecule has 4 aromatic rings. The zero-order chi connectivity index (χ0) is 18.6. The Balaban J connectivity index is 2.01. The van der Waals surface area contributed by atoms with Gasteiger partial charge in [0, 0.05) is 5.56 Å². The molecule has 0 aromatic heterocycles. The molecule has 1 aliphatic rings. The molecule has 0 spiro atoms. The minimum atomic E-state index is -3.32. The van der Waals surface area contributed by atoms with Crippen LogP contribution in [0.3, 0.4) is 0 Å². The summed E-state index contributed by atoms with van der Waals surface area (Å²) in [6, 6.07) is 28.1. The van der Waals surface area contributed by atoms with Crippen molar-refractivity contribution in [3.63, 3.8) is 0 Å². The lowest BCUT2D eigenvalue weighted by molar-refractivity contribution is 0.572. The van der Waals surface area contributed by atoms with E-state index in [1.54, 1.807) is 6.92 Å². The topological polar surface area (TPSA) is 34.1 Å². The monoisotopic (exact) mass is 370 g/mol. The summed E-state index contributed by atoms with van der Waals surface area (Å²) in [5, 5.41) is 1.59. The minimum Gasteiger partial charge on any atom is -0.223 e. The van der Waals surface area contributed by atoms with Gasteiger partial charge in [0.05, 0.1) is 10.1 Å². The van der Waals surface area contributed by atoms with Crippen LogP contribution in [0.25, 0.3) is 33.0 Å². The summed E-state index contributed by atoms with van der Waals surface area (Å²) in [4.78, 5) is 0.499. The largest absolute Gasteiger partial charge is 0.223 e. The van der Waals surface area contributed by atoms with Gasteiger partial charge in [0.1, 0.15) is 0 Å². The van der Waals surface area contributed by atoms with Crippen molar-refractivity contribution < 1.29 is 8.42 Å². The Bertz CT molecular complexity index is 1270. The highest BCUT2D eigenvalue weighted by Gasteiger charge is 2.45. The molecule has 0 N–H and O–H groups in total. The zero-order valence-electron chi connectivity index (χ0n) is 14.9. The van der Waals surface area contributed by atoms with Crippen molar-refractivity contribution in [2.45, 2.75) is 17.1 Å². The maximum Gasteiger partial charge on any atom is 0.186 e. The fraction of sp³-hybridized carbons (Fsp3) is 0.0833. The lowest BCUT2D eigenvalue weighted by Crippen LogP contribution is -2.26. The molecule has 0 saturated carbocycles. The van der Waals surface area contributed by atoms with Crippen molar-refractivity contribution in [2.24, 2.45) is 0 Å². The van der Waals surface area contributed by atoms with Gasteiger partial charge in [-0.3, -0.25) is 0 Å². The highest BCUT2D eigenvalue weighted by molar-refractivity contribution is 7.93. The van der Waals surface area contributed by atoms with E-state index in [0.717, 1.165) is 38.6 Å². The third-order valence-electron chi connectivity index (χ3n) is 5.49. The van der Waals surface area contributed by atoms with Crippen LogP contribution in [0.5, 0.6) is 0 Å². The fourth-order valence-corrected chi connectivity index (χ4v) is 6.01. The Morgan fingerprint density at radius 3 is 1.63 bits per heavy atom. The Hall–Kier alpha value is -2.91. The number of sulfone groups is 1. The van der Waals surface area contributed by atoms with Crippen molar-refractivity contribution in [3.05, 3.63) is 90.5 Å². The Kier molecular flexibility index (Phi) is 3.49. The van der Waals surface area contributed by atoms with Gasteiger partial charge in [-0.05, 0) is 39.9 Å². The molecule has 5 rings (SSSR count). The highest BCUT2D eigenvalue weighted by Crippen LogP contribution is 2.55. The van der Waals surface area contributed by atoms with Crippen LogP contribution in [-0.2, 0) is 9.84 Å². The lowest BCUT2D eigenvalue weighted by Gasteiger charge is -2.34. The summed E-state index contributed by atoms with van der Waals surface area (Å²) in [7, 11) is -3.32. The minimum absolute atomic E-state index is 0.491. The smallest absolute Gasteiger partial charge is 0.186 e. The number of fused-ring (bicyclic) bond motifs is 2. The Morgan fingerprint density at radius 2 is 1.07 bits per heavy atom. The van der Waals surface area contributed by atoms with Crippen LogP contribution >= 0.6 is 0 Å². The molecule has 3 heteroatoms. The third-order valence-corrected chi connectivity index (χ3v) is 7.65. The first-order valence-electron chi connectivity index (χ1n) is 9.04. The molecular weight excluding hydrogens is 352 g/mol. The molecule has 1 atom stereocenters. The number of benzene rings is 4. The van der Waals surface area contributed by atoms with Gasteiger partial charge in [-0.2, -0.15) is 0 Å². The molecule has 27 heavy (non-hydrogen) atoms. The van der Waals surface area contributed by atoms with E-state index in [-0.39, 0.29) is 0 Å². The molecule has 0 amide bonds. The third kappa shape index (κ3) is 2.22. The van der Waals surface area contributed by atoms with E-state index < -0.39 is 15.1 Å². The van der Waals surface area contributed by atoms with Crippen molar-refractivity contribution in [2.75, 3.05) is 0 Å². The van der Waals surface area contributed by atoms with E-state index in [1.807, 2.05) is 66.7 Å². The van der Waals surface area contributed by atoms with Gasteiger partial charge in [0.25, 0.3) is 0 Å². The molecule has 0 fully saturated rings. The SMILES string of the molecule is C[C@H]1c2c(c(-c3ccccc3)c3ccccc3c2-c2ccccc2)S1(=O)=O. The maximum atomic E-state index is 13.1. The van der Waals surface area contributed by atoms with Crippen molar-refractivity contribution in [1.82, 2.24) is 0 Å². The first-order valence-corrected chi connectivity index (χ1v) is 10.6. The van der Waals surface area contributed by atoms with E-state index in [0.29, 0.717) is 4.90 Å². The summed E-state index contributed by atoms with van der Waals surface area (Å²) in [6.07, 6.45) is 0. The molecule has 0 radical (unpaired) electrons. The molecule has 1 aliphatic heterocycles. The average Bonchev–Trinajstić information content (AvgIpc) is 2.73. The van der Waals surface area contributed by atoms with E-state index in [9.17, 15) is 8.42 Å². The van der Waals surface area contributed by atoms with E-state index in [1.165, 1.54) is 0 Å². The van der Waals surface area contributed by atoms with E-state index in [2.05, 4.69) is 18.2 Å². The second-order valence-corrected chi connectivity index (χ2v) is 9.16. The average molecular weight is 370 g/mol. The van der Waals surface area contributed by atoms with Crippen LogP contribution in [0.15, 0.2) is 89.8 Å². The van der Waals surface area contributed by atoms with Crippen LogP contribution in [-0.4, -0.2) is 8.42 Å². The second kappa shape index (κ2) is 5.80. The van der Waals surface area contributed by atoms with E-state index >= 15 is 0 Å². The molecule has 132 valence electrons. The first kappa shape index (κ1) is 16.3. The van der Waals surface area contributed by atoms with Crippen LogP contribution in [0.2, 0.25) is 0 Å². The van der Waals surface area contributed by atoms with Crippen LogP contribution in [0.1, 0.15) is 17.7 Å². The summed E-state index contributed by atoms with van der Waals surface area (Å²) in [5.41, 5.74) is 4.83. The van der Waals surface area contributed by atoms with Gasteiger partial charge in [-0.1, -0.05) is 84.9 Å². The van der Waals surface area contributed by atoms with Gasteiger partial charge in [0.2, 0.25) is 0 Å². The summed E-state index contributed by atoms with van der Waals surface area (Å²) in [6.45, 7) is 1.80. The summed E-state index contributed by atoms with van der Waals surface area (Å²) >= 11 is 0. The Morgan fingerprint density at radius 1 is 0.630 bits per heavy atom. The molecule has 2 nitrogen and oxygen atoms in total. The van der Waals surface area contributed by atoms with Gasteiger partial charge in [0.15, 0.2) is 9.84 Å². The first-order chi connectivity index (χ1) is 13.1. The molecule has 0 bridgehead atoms. The van der Waals surface area contributed by atoms with E-state index in [4.69, 9.17) is 0 Å². The van der Waals surface area contributed by atoms with Crippen LogP contribution in [0, 0.1) is 0 Å². The predicted molar refractivity (Wildman–Crippen MR) is 110 cm³/mol. The molecule has 0 saturated heterocycles. The second-order valence-electron chi connectivity index (χ2n) is 6.96. The maximum absolute atomic E-state index is 13.1. The van der Waals surface area contributed by atoms with Crippen molar-refractivity contribution in [3.8, 4) is 22.3 Å². The quantitative estimate of drug-likeness (QED) is 0.432. The fourth-order valence-electron chi connectivity index (χ4n) is 4.20. The molecular formula is C24H18O2S. The molecule has 1 heterocycles. The number of rotatable bonds is 2. The standard InChI is InChI=1S/C24H18O2S/c1-16-21-22(17-10-4-2-5-11-17)19-14-8-9-15-20(19)23(24(21)27(16,25)26)18-12-6-3-7-13-18/h2-16H,1H3/t16-/m0/s1. The normalized spacial score (nSPS) is 17.3. The number of hydrogen-bond donors (Lipinski definition) is 0. The summed E-state index contributed by atoms with van der Waals surface area (Å²) < 4.78 is 26.1. The van der Waals surface area contributed by atoms with Gasteiger partial charge in [-0.25, -0.2) is 8.42 Å². The van der Waals surface area contributed by atoms with Crippen molar-refractivity contribution >= 4 is 20.6 Å². The molecule has 0 unspecified atom stereocenters. The highest BCUT2D eigenvalue weighted by atomic mass is 32.2. The van der Waals surface area contributed by atoms with Crippen molar-refractivity contribution in [1.29, 1.82) is 0 Å². The lowest BCUT2D eigenvalue weighted by atomic mass is 9.86. The Labute approximate surface area is 159 Å². The molecule has 4 aromatic carbocycles. The number of hydrogen-bond acceptors (Lipinski definition) is 2. The van der Waals surface area contributed by atoms with Gasteiger partial charge in [-0.15, -0.1) is 0 Å². The molecule has 0 aliphatic carbocycles. The van der Waals surface area contributed by atoms with Gasteiger partial charge >= 0.3 is 0 Å². The predicted octanol–water partition coefficient (Wildman–Crippen LogP) is 6.02. The van der Waals surface area contributed by atoms with Crippen LogP contribution < -0.4 is 0 Å². The van der Waals surface area contributed by atoms with Crippen LogP contribution in [0.4, 0.5) is 0 Å².